The number of rotatable bonds is 3. The third-order valence-corrected chi connectivity index (χ3v) is 6.46. The van der Waals surface area contributed by atoms with Crippen LogP contribution in [0.4, 0.5) is 17.1 Å². The molecule has 4 nitrogen and oxygen atoms in total. The highest BCUT2D eigenvalue weighted by atomic mass is 16.2. The molecule has 1 fully saturated rings. The summed E-state index contributed by atoms with van der Waals surface area (Å²) in [5, 5.41) is 6.25. The summed E-state index contributed by atoms with van der Waals surface area (Å²) in [5.41, 5.74) is 7.56. The molecule has 2 aromatic rings. The second-order valence-corrected chi connectivity index (χ2v) is 8.32. The first-order chi connectivity index (χ1) is 14.2. The van der Waals surface area contributed by atoms with E-state index >= 15 is 0 Å². The maximum absolute atomic E-state index is 12.3. The van der Waals surface area contributed by atoms with Crippen molar-refractivity contribution in [2.45, 2.75) is 32.6 Å². The smallest absolute Gasteiger partial charge is 0.257 e. The van der Waals surface area contributed by atoms with Crippen LogP contribution in [0, 0.1) is 12.8 Å². The zero-order valence-corrected chi connectivity index (χ0v) is 16.9. The number of fused-ring (bicyclic) bond motifs is 2. The van der Waals surface area contributed by atoms with Crippen LogP contribution in [-0.4, -0.2) is 19.0 Å². The number of benzene rings is 2. The highest BCUT2D eigenvalue weighted by Gasteiger charge is 2.26. The van der Waals surface area contributed by atoms with Crippen LogP contribution in [0.3, 0.4) is 0 Å². The van der Waals surface area contributed by atoms with E-state index in [9.17, 15) is 4.79 Å². The molecule has 0 radical (unpaired) electrons. The van der Waals surface area contributed by atoms with E-state index in [-0.39, 0.29) is 5.91 Å². The summed E-state index contributed by atoms with van der Waals surface area (Å²) in [5.74, 6) is 0.763. The van der Waals surface area contributed by atoms with Crippen LogP contribution in [0.15, 0.2) is 60.3 Å². The van der Waals surface area contributed by atoms with Gasteiger partial charge in [-0.1, -0.05) is 23.8 Å². The Morgan fingerprint density at radius 1 is 1.14 bits per heavy atom. The number of aryl methyl sites for hydroxylation is 1. The van der Waals surface area contributed by atoms with E-state index in [1.807, 2.05) is 31.3 Å². The molecule has 4 heteroatoms. The minimum absolute atomic E-state index is 0.0537. The van der Waals surface area contributed by atoms with Crippen molar-refractivity contribution in [3.63, 3.8) is 0 Å². The van der Waals surface area contributed by atoms with Crippen molar-refractivity contribution in [1.29, 1.82) is 0 Å². The molecule has 1 aliphatic carbocycles. The standard InChI is InChI=1S/C25H27N3O/c1-17-5-4-8-23-24(17)22(25(29)27-23)15-26-20-9-11-21(12-10-20)28-14-13-18-6-2-3-7-19(18)16-28/h4-5,7-12,15,18,26H,2-3,6,13-14,16H2,1H3,(H,27,29). The van der Waals surface area contributed by atoms with Gasteiger partial charge in [-0.3, -0.25) is 4.79 Å². The molecule has 2 aliphatic heterocycles. The molecule has 1 atom stereocenters. The number of piperidine rings is 1. The SMILES string of the molecule is Cc1cccc2c1C(=CNc1ccc(N3CCC4CCCC=C4C3)cc1)C(=O)N2. The highest BCUT2D eigenvalue weighted by molar-refractivity contribution is 6.32. The molecule has 0 saturated carbocycles. The highest BCUT2D eigenvalue weighted by Crippen LogP contribution is 2.35. The van der Waals surface area contributed by atoms with Crippen LogP contribution in [0.1, 0.15) is 36.8 Å². The van der Waals surface area contributed by atoms with Gasteiger partial charge in [-0.25, -0.2) is 0 Å². The van der Waals surface area contributed by atoms with Crippen molar-refractivity contribution < 1.29 is 4.79 Å². The van der Waals surface area contributed by atoms with Gasteiger partial charge >= 0.3 is 0 Å². The zero-order valence-electron chi connectivity index (χ0n) is 16.9. The van der Waals surface area contributed by atoms with Gasteiger partial charge in [0.1, 0.15) is 0 Å². The maximum atomic E-state index is 12.3. The number of anilines is 3. The first-order valence-electron chi connectivity index (χ1n) is 10.6. The van der Waals surface area contributed by atoms with Gasteiger partial charge in [0.05, 0.1) is 5.57 Å². The molecule has 1 amide bonds. The van der Waals surface area contributed by atoms with Crippen LogP contribution in [0.5, 0.6) is 0 Å². The van der Waals surface area contributed by atoms with Crippen LogP contribution < -0.4 is 15.5 Å². The summed E-state index contributed by atoms with van der Waals surface area (Å²) in [6.45, 7) is 4.24. The normalized spacial score (nSPS) is 22.0. The molecular formula is C25H27N3O. The van der Waals surface area contributed by atoms with Gasteiger partial charge in [0, 0.05) is 41.9 Å². The van der Waals surface area contributed by atoms with Crippen LogP contribution >= 0.6 is 0 Å². The van der Waals surface area contributed by atoms with E-state index in [1.54, 1.807) is 5.57 Å². The average Bonchev–Trinajstić information content (AvgIpc) is 3.08. The molecule has 0 bridgehead atoms. The lowest BCUT2D eigenvalue weighted by Gasteiger charge is -2.37. The number of nitrogens with one attached hydrogen (secondary N) is 2. The molecular weight excluding hydrogens is 358 g/mol. The van der Waals surface area contributed by atoms with Crippen molar-refractivity contribution in [1.82, 2.24) is 0 Å². The fourth-order valence-electron chi connectivity index (χ4n) is 4.85. The summed E-state index contributed by atoms with van der Waals surface area (Å²) in [6.07, 6.45) is 9.52. The quantitative estimate of drug-likeness (QED) is 0.554. The lowest BCUT2D eigenvalue weighted by molar-refractivity contribution is -0.110. The topological polar surface area (TPSA) is 44.4 Å². The van der Waals surface area contributed by atoms with Gasteiger partial charge in [0.2, 0.25) is 0 Å². The largest absolute Gasteiger partial charge is 0.368 e. The molecule has 1 saturated heterocycles. The predicted octanol–water partition coefficient (Wildman–Crippen LogP) is 5.34. The van der Waals surface area contributed by atoms with Gasteiger partial charge < -0.3 is 15.5 Å². The monoisotopic (exact) mass is 385 g/mol. The van der Waals surface area contributed by atoms with E-state index in [1.165, 1.54) is 31.4 Å². The minimum atomic E-state index is -0.0537. The number of carbonyl (C=O) groups excluding carboxylic acids is 1. The van der Waals surface area contributed by atoms with Gasteiger partial charge in [-0.2, -0.15) is 0 Å². The Morgan fingerprint density at radius 3 is 2.86 bits per heavy atom. The van der Waals surface area contributed by atoms with E-state index < -0.39 is 0 Å². The van der Waals surface area contributed by atoms with Gasteiger partial charge in [-0.05, 0) is 74.4 Å². The molecule has 29 heavy (non-hydrogen) atoms. The molecule has 2 aromatic carbocycles. The molecule has 2 N–H and O–H groups in total. The number of amides is 1. The molecule has 148 valence electrons. The van der Waals surface area contributed by atoms with E-state index in [0.717, 1.165) is 41.5 Å². The third kappa shape index (κ3) is 3.44. The van der Waals surface area contributed by atoms with E-state index in [4.69, 9.17) is 0 Å². The van der Waals surface area contributed by atoms with Crippen molar-refractivity contribution >= 4 is 28.5 Å². The fraction of sp³-hybridized carbons (Fsp3) is 0.320. The molecule has 0 spiro atoms. The average molecular weight is 386 g/mol. The summed E-state index contributed by atoms with van der Waals surface area (Å²) in [4.78, 5) is 14.8. The van der Waals surface area contributed by atoms with Crippen molar-refractivity contribution in [2.75, 3.05) is 28.6 Å². The number of carbonyl (C=O) groups is 1. The Hall–Kier alpha value is -3.01. The molecule has 1 unspecified atom stereocenters. The van der Waals surface area contributed by atoms with E-state index in [0.29, 0.717) is 5.57 Å². The van der Waals surface area contributed by atoms with Crippen LogP contribution in [0.2, 0.25) is 0 Å². The van der Waals surface area contributed by atoms with Crippen molar-refractivity contribution in [2.24, 2.45) is 5.92 Å². The summed E-state index contributed by atoms with van der Waals surface area (Å²) in [6, 6.07) is 14.5. The fourth-order valence-corrected chi connectivity index (χ4v) is 4.85. The molecule has 2 heterocycles. The minimum Gasteiger partial charge on any atom is -0.368 e. The van der Waals surface area contributed by atoms with Crippen molar-refractivity contribution in [3.8, 4) is 0 Å². The molecule has 0 aromatic heterocycles. The Morgan fingerprint density at radius 2 is 2.00 bits per heavy atom. The molecule has 3 aliphatic rings. The lowest BCUT2D eigenvalue weighted by Crippen LogP contribution is -2.36. The Balaban J connectivity index is 1.30. The zero-order chi connectivity index (χ0) is 19.8. The molecule has 5 rings (SSSR count). The van der Waals surface area contributed by atoms with E-state index in [2.05, 4.69) is 45.9 Å². The van der Waals surface area contributed by atoms with Gasteiger partial charge in [-0.15, -0.1) is 0 Å². The van der Waals surface area contributed by atoms with Gasteiger partial charge in [0.25, 0.3) is 5.91 Å². The predicted molar refractivity (Wildman–Crippen MR) is 120 cm³/mol. The van der Waals surface area contributed by atoms with Crippen LogP contribution in [0.25, 0.3) is 5.57 Å². The van der Waals surface area contributed by atoms with Crippen LogP contribution in [-0.2, 0) is 4.79 Å². The number of hydrogen-bond donors (Lipinski definition) is 2. The summed E-state index contributed by atoms with van der Waals surface area (Å²) < 4.78 is 0. The Kier molecular flexibility index (Phi) is 4.62. The number of nitrogens with zero attached hydrogens (tertiary/aromatic N) is 1. The third-order valence-electron chi connectivity index (χ3n) is 6.46. The number of hydrogen-bond acceptors (Lipinski definition) is 3. The Bertz CT molecular complexity index is 1000. The Labute approximate surface area is 172 Å². The summed E-state index contributed by atoms with van der Waals surface area (Å²) in [7, 11) is 0. The maximum Gasteiger partial charge on any atom is 0.257 e. The summed E-state index contributed by atoms with van der Waals surface area (Å²) >= 11 is 0. The first kappa shape index (κ1) is 18.0. The number of allylic oxidation sites excluding steroid dienone is 1. The lowest BCUT2D eigenvalue weighted by atomic mass is 9.82. The van der Waals surface area contributed by atoms with Gasteiger partial charge in [0.15, 0.2) is 0 Å². The van der Waals surface area contributed by atoms with Crippen molar-refractivity contribution in [3.05, 3.63) is 71.4 Å². The second kappa shape index (κ2) is 7.43. The first-order valence-corrected chi connectivity index (χ1v) is 10.6. The second-order valence-electron chi connectivity index (χ2n) is 8.32.